The molecule has 4 rings (SSSR count). The van der Waals surface area contributed by atoms with Crippen molar-refractivity contribution in [3.05, 3.63) is 71.9 Å². The molecule has 3 aromatic rings. The zero-order valence-corrected chi connectivity index (χ0v) is 34.8. The molecular formula is C43H60N8O8. The van der Waals surface area contributed by atoms with E-state index >= 15 is 0 Å². The zero-order valence-electron chi connectivity index (χ0n) is 34.8. The molecule has 1 fully saturated rings. The quantitative estimate of drug-likeness (QED) is 0.143. The molecule has 1 aliphatic heterocycles. The lowest BCUT2D eigenvalue weighted by Gasteiger charge is -2.32. The van der Waals surface area contributed by atoms with E-state index in [4.69, 9.17) is 0 Å². The Morgan fingerprint density at radius 1 is 0.831 bits per heavy atom. The highest BCUT2D eigenvalue weighted by Crippen LogP contribution is 2.21. The minimum atomic E-state index is -1.22. The van der Waals surface area contributed by atoms with Gasteiger partial charge < -0.3 is 46.9 Å². The number of carbonyl (C=O) groups excluding carboxylic acids is 6. The predicted molar refractivity (Wildman–Crippen MR) is 223 cm³/mol. The number of hydrogen-bond donors (Lipinski definition) is 8. The normalized spacial score (nSPS) is 23.3. The van der Waals surface area contributed by atoms with E-state index in [9.17, 15) is 38.7 Å². The first-order valence-electron chi connectivity index (χ1n) is 20.5. The Bertz CT molecular complexity index is 1940. The Balaban J connectivity index is 1.71. The molecule has 7 amide bonds. The van der Waals surface area contributed by atoms with Crippen molar-refractivity contribution in [1.82, 2.24) is 41.8 Å². The number of carbonyl (C=O) groups is 7. The van der Waals surface area contributed by atoms with Crippen LogP contribution in [-0.2, 0) is 41.6 Å². The van der Waals surface area contributed by atoms with Crippen molar-refractivity contribution >= 4 is 52.4 Å². The molecule has 8 N–H and O–H groups in total. The highest BCUT2D eigenvalue weighted by atomic mass is 16.4. The van der Waals surface area contributed by atoms with Crippen molar-refractivity contribution in [3.63, 3.8) is 0 Å². The number of para-hydroxylation sites is 1. The Morgan fingerprint density at radius 3 is 2.19 bits per heavy atom. The van der Waals surface area contributed by atoms with Gasteiger partial charge in [-0.3, -0.25) is 24.0 Å². The number of H-pyrrole nitrogens is 1. The average molecular weight is 817 g/mol. The van der Waals surface area contributed by atoms with E-state index < -0.39 is 89.6 Å². The number of benzene rings is 2. The lowest BCUT2D eigenvalue weighted by molar-refractivity contribution is -0.142. The Kier molecular flexibility index (Phi) is 16.9. The SMILES string of the molecule is CCC(C)[C@H](NC(=O)N[C@@H]1CCCCNC(=O)[C@@H](Cc2ccccc2)NC(=O)[C@@H](C)N(C)C(=O)[C@@H](Cc2c[nH]c3ccccc23)NC(=O)[C@@H](C(C)CC)NC1=O)C(=O)O. The smallest absolute Gasteiger partial charge is 0.326 e. The van der Waals surface area contributed by atoms with E-state index in [1.807, 2.05) is 61.5 Å². The number of hydrogen-bond acceptors (Lipinski definition) is 7. The third kappa shape index (κ3) is 12.5. The summed E-state index contributed by atoms with van der Waals surface area (Å²) in [6, 6.07) is 9.04. The molecule has 0 spiro atoms. The third-order valence-corrected chi connectivity index (χ3v) is 11.3. The highest BCUT2D eigenvalue weighted by Gasteiger charge is 2.36. The minimum Gasteiger partial charge on any atom is -0.480 e. The molecule has 16 heteroatoms. The van der Waals surface area contributed by atoms with Gasteiger partial charge in [0.2, 0.25) is 29.5 Å². The molecule has 0 bridgehead atoms. The van der Waals surface area contributed by atoms with Crippen molar-refractivity contribution in [2.24, 2.45) is 11.8 Å². The maximum absolute atomic E-state index is 14.4. The molecule has 1 aromatic heterocycles. The summed E-state index contributed by atoms with van der Waals surface area (Å²) >= 11 is 0. The van der Waals surface area contributed by atoms with Crippen molar-refractivity contribution in [3.8, 4) is 0 Å². The molecule has 2 aromatic carbocycles. The predicted octanol–water partition coefficient (Wildman–Crippen LogP) is 2.77. The molecule has 1 aliphatic rings. The van der Waals surface area contributed by atoms with Crippen LogP contribution in [0.4, 0.5) is 4.79 Å². The summed E-state index contributed by atoms with van der Waals surface area (Å²) in [5.74, 6) is -4.95. The molecule has 2 unspecified atom stereocenters. The van der Waals surface area contributed by atoms with Gasteiger partial charge in [-0.15, -0.1) is 0 Å². The van der Waals surface area contributed by atoms with E-state index in [0.717, 1.165) is 22.0 Å². The van der Waals surface area contributed by atoms with Gasteiger partial charge in [0.1, 0.15) is 36.3 Å². The van der Waals surface area contributed by atoms with Crippen LogP contribution in [-0.4, -0.2) is 106 Å². The molecule has 0 aliphatic carbocycles. The number of carboxylic acid groups (broad SMARTS) is 1. The first-order chi connectivity index (χ1) is 28.1. The molecule has 16 nitrogen and oxygen atoms in total. The molecule has 320 valence electrons. The average Bonchev–Trinajstić information content (AvgIpc) is 3.64. The lowest BCUT2D eigenvalue weighted by atomic mass is 9.96. The van der Waals surface area contributed by atoms with Gasteiger partial charge >= 0.3 is 12.0 Å². The largest absolute Gasteiger partial charge is 0.480 e. The van der Waals surface area contributed by atoms with Crippen LogP contribution in [0.25, 0.3) is 10.9 Å². The van der Waals surface area contributed by atoms with Crippen molar-refractivity contribution in [2.75, 3.05) is 13.6 Å². The topological polar surface area (TPSA) is 231 Å². The number of likely N-dealkylation sites (N-methyl/N-ethyl adjacent to an activating group) is 1. The van der Waals surface area contributed by atoms with Gasteiger partial charge in [0, 0.05) is 43.5 Å². The number of nitrogens with zero attached hydrogens (tertiary/aromatic N) is 1. The van der Waals surface area contributed by atoms with E-state index in [0.29, 0.717) is 25.7 Å². The van der Waals surface area contributed by atoms with Crippen LogP contribution in [0.15, 0.2) is 60.8 Å². The van der Waals surface area contributed by atoms with Gasteiger partial charge in [-0.2, -0.15) is 0 Å². The van der Waals surface area contributed by atoms with Crippen LogP contribution in [0.5, 0.6) is 0 Å². The molecule has 0 radical (unpaired) electrons. The van der Waals surface area contributed by atoms with E-state index in [1.54, 1.807) is 33.9 Å². The zero-order chi connectivity index (χ0) is 43.2. The van der Waals surface area contributed by atoms with E-state index in [2.05, 4.69) is 36.9 Å². The van der Waals surface area contributed by atoms with Gasteiger partial charge in [0.05, 0.1) is 0 Å². The fraction of sp³-hybridized carbons (Fsp3) is 0.512. The summed E-state index contributed by atoms with van der Waals surface area (Å²) in [5.41, 5.74) is 2.36. The maximum Gasteiger partial charge on any atom is 0.326 e. The van der Waals surface area contributed by atoms with Gasteiger partial charge in [-0.05, 0) is 55.2 Å². The van der Waals surface area contributed by atoms with Crippen LogP contribution in [0, 0.1) is 11.8 Å². The molecule has 8 atom stereocenters. The Labute approximate surface area is 345 Å². The third-order valence-electron chi connectivity index (χ3n) is 11.3. The number of carboxylic acids is 1. The number of nitrogens with one attached hydrogen (secondary N) is 7. The lowest BCUT2D eigenvalue weighted by Crippen LogP contribution is -2.61. The highest BCUT2D eigenvalue weighted by molar-refractivity contribution is 5.97. The first-order valence-corrected chi connectivity index (χ1v) is 20.5. The summed E-state index contributed by atoms with van der Waals surface area (Å²) in [7, 11) is 1.46. The second-order valence-corrected chi connectivity index (χ2v) is 15.5. The van der Waals surface area contributed by atoms with Gasteiger partial charge in [0.15, 0.2) is 0 Å². The summed E-state index contributed by atoms with van der Waals surface area (Å²) in [4.78, 5) is 99.9. The number of urea groups is 1. The van der Waals surface area contributed by atoms with Crippen LogP contribution >= 0.6 is 0 Å². The van der Waals surface area contributed by atoms with Gasteiger partial charge in [-0.25, -0.2) is 9.59 Å². The fourth-order valence-electron chi connectivity index (χ4n) is 7.00. The number of fused-ring (bicyclic) bond motifs is 1. The molecular weight excluding hydrogens is 757 g/mol. The number of rotatable bonds is 11. The van der Waals surface area contributed by atoms with Crippen molar-refractivity contribution in [1.29, 1.82) is 0 Å². The second-order valence-electron chi connectivity index (χ2n) is 15.5. The van der Waals surface area contributed by atoms with Crippen LogP contribution < -0.4 is 31.9 Å². The monoisotopic (exact) mass is 816 g/mol. The second kappa shape index (κ2) is 21.7. The number of aromatic nitrogens is 1. The number of amides is 7. The maximum atomic E-state index is 14.4. The Morgan fingerprint density at radius 2 is 1.51 bits per heavy atom. The Hall–Kier alpha value is -5.93. The van der Waals surface area contributed by atoms with Gasteiger partial charge in [-0.1, -0.05) is 89.1 Å². The summed E-state index contributed by atoms with van der Waals surface area (Å²) in [6.45, 7) is 8.85. The number of aliphatic carboxylic acids is 1. The fourth-order valence-corrected chi connectivity index (χ4v) is 7.00. The summed E-state index contributed by atoms with van der Waals surface area (Å²) in [5, 5.41) is 27.1. The van der Waals surface area contributed by atoms with Gasteiger partial charge in [0.25, 0.3) is 0 Å². The molecule has 2 heterocycles. The first kappa shape index (κ1) is 45.8. The minimum absolute atomic E-state index is 0.0404. The molecule has 59 heavy (non-hydrogen) atoms. The summed E-state index contributed by atoms with van der Waals surface area (Å²) < 4.78 is 0. The molecule has 0 saturated carbocycles. The van der Waals surface area contributed by atoms with E-state index in [-0.39, 0.29) is 25.8 Å². The van der Waals surface area contributed by atoms with Crippen LogP contribution in [0.1, 0.15) is 77.8 Å². The van der Waals surface area contributed by atoms with Crippen molar-refractivity contribution < 1.29 is 38.7 Å². The number of aromatic amines is 1. The summed E-state index contributed by atoms with van der Waals surface area (Å²) in [6.07, 6.45) is 3.72. The van der Waals surface area contributed by atoms with E-state index in [1.165, 1.54) is 11.9 Å². The van der Waals surface area contributed by atoms with Crippen molar-refractivity contribution in [2.45, 2.75) is 116 Å². The standard InChI is InChI=1S/C43H60N8O8/c1-7-25(3)35-40(55)47-34(23-29-24-45-31-19-13-12-18-30(29)31)41(56)51(6)27(5)37(52)46-33(22-28-16-10-9-11-17-28)38(53)44-21-15-14-20-32(39(54)49-35)48-43(59)50-36(42(57)58)26(4)8-2/h9-13,16-19,24-27,32-36,45H,7-8,14-15,20-23H2,1-6H3,(H,44,53)(H,46,52)(H,47,55)(H,49,54)(H,57,58)(H2,48,50,59)/t25?,26?,27-,32-,33-,34-,35-,36+/m1/s1. The molecule has 1 saturated heterocycles. The van der Waals surface area contributed by atoms with Crippen LogP contribution in [0.3, 0.4) is 0 Å². The van der Waals surface area contributed by atoms with Crippen LogP contribution in [0.2, 0.25) is 0 Å².